The molecule has 0 saturated carbocycles. The molecule has 0 bridgehead atoms. The Kier molecular flexibility index (Phi) is 7.73. The van der Waals surface area contributed by atoms with Gasteiger partial charge in [-0.15, -0.1) is 12.4 Å². The van der Waals surface area contributed by atoms with Crippen molar-refractivity contribution in [1.82, 2.24) is 20.0 Å². The summed E-state index contributed by atoms with van der Waals surface area (Å²) in [7, 11) is 3.71. The molecule has 0 spiro atoms. The molecule has 0 aliphatic rings. The van der Waals surface area contributed by atoms with Gasteiger partial charge in [-0.25, -0.2) is 4.68 Å². The molecule has 1 aromatic carbocycles. The minimum Gasteiger partial charge on any atom is -0.344 e. The minimum absolute atomic E-state index is 0. The second kappa shape index (κ2) is 9.06. The van der Waals surface area contributed by atoms with Gasteiger partial charge < -0.3 is 10.2 Å². The van der Waals surface area contributed by atoms with E-state index in [4.69, 9.17) is 11.6 Å². The molecule has 1 N–H and O–H groups in total. The summed E-state index contributed by atoms with van der Waals surface area (Å²) in [6.07, 6.45) is 0.367. The summed E-state index contributed by atoms with van der Waals surface area (Å²) in [4.78, 5) is 14.1. The zero-order valence-electron chi connectivity index (χ0n) is 14.5. The van der Waals surface area contributed by atoms with Crippen molar-refractivity contribution in [3.8, 4) is 5.69 Å². The quantitative estimate of drug-likeness (QED) is 0.850. The third kappa shape index (κ3) is 4.72. The van der Waals surface area contributed by atoms with E-state index in [2.05, 4.69) is 10.4 Å². The van der Waals surface area contributed by atoms with Gasteiger partial charge in [0.25, 0.3) is 0 Å². The maximum atomic E-state index is 12.4. The molecule has 0 radical (unpaired) electrons. The highest BCUT2D eigenvalue weighted by atomic mass is 35.5. The molecule has 5 nitrogen and oxygen atoms in total. The van der Waals surface area contributed by atoms with Crippen LogP contribution in [-0.2, 0) is 11.2 Å². The van der Waals surface area contributed by atoms with E-state index in [1.54, 1.807) is 4.90 Å². The van der Waals surface area contributed by atoms with Crippen molar-refractivity contribution in [2.24, 2.45) is 0 Å². The minimum atomic E-state index is 0. The van der Waals surface area contributed by atoms with Crippen LogP contribution in [0.1, 0.15) is 17.0 Å². The van der Waals surface area contributed by atoms with Gasteiger partial charge in [-0.05, 0) is 45.2 Å². The number of aryl methyl sites for hydroxylation is 1. The molecular formula is C17H24Cl2N4O. The number of benzene rings is 1. The number of hydrogen-bond acceptors (Lipinski definition) is 3. The van der Waals surface area contributed by atoms with E-state index >= 15 is 0 Å². The highest BCUT2D eigenvalue weighted by Gasteiger charge is 2.17. The van der Waals surface area contributed by atoms with Crippen molar-refractivity contribution >= 4 is 29.9 Å². The largest absolute Gasteiger partial charge is 0.344 e. The fraction of sp³-hybridized carbons (Fsp3) is 0.412. The maximum Gasteiger partial charge on any atom is 0.226 e. The molecule has 1 heterocycles. The Morgan fingerprint density at radius 1 is 1.29 bits per heavy atom. The second-order valence-corrected chi connectivity index (χ2v) is 6.07. The van der Waals surface area contributed by atoms with Crippen molar-refractivity contribution in [3.05, 3.63) is 46.2 Å². The molecule has 0 aliphatic heterocycles. The normalized spacial score (nSPS) is 10.4. The van der Waals surface area contributed by atoms with Crippen LogP contribution >= 0.6 is 24.0 Å². The van der Waals surface area contributed by atoms with Crippen LogP contribution in [0.3, 0.4) is 0 Å². The number of aromatic nitrogens is 2. The van der Waals surface area contributed by atoms with Crippen LogP contribution in [0.5, 0.6) is 0 Å². The second-order valence-electron chi connectivity index (χ2n) is 5.63. The van der Waals surface area contributed by atoms with Crippen LogP contribution in [0.2, 0.25) is 5.02 Å². The SMILES string of the molecule is CNCCN(C)C(=O)Cc1c(C)nn(-c2ccc(Cl)cc2)c1C.Cl. The van der Waals surface area contributed by atoms with Crippen LogP contribution in [0.25, 0.3) is 5.69 Å². The predicted octanol–water partition coefficient (Wildman–Crippen LogP) is 2.78. The Morgan fingerprint density at radius 2 is 1.92 bits per heavy atom. The van der Waals surface area contributed by atoms with E-state index in [9.17, 15) is 4.79 Å². The Hall–Kier alpha value is -1.56. The number of carbonyl (C=O) groups excluding carboxylic acids is 1. The van der Waals surface area contributed by atoms with Crippen molar-refractivity contribution in [1.29, 1.82) is 0 Å². The standard InChI is InChI=1S/C17H23ClN4O.ClH/c1-12-16(11-17(23)21(4)10-9-19-3)13(2)22(20-12)15-7-5-14(18)6-8-15;/h5-8,19H,9-11H2,1-4H3;1H. The smallest absolute Gasteiger partial charge is 0.226 e. The Bertz CT molecular complexity index is 683. The van der Waals surface area contributed by atoms with Gasteiger partial charge in [-0.3, -0.25) is 4.79 Å². The van der Waals surface area contributed by atoms with Gasteiger partial charge in [0.2, 0.25) is 5.91 Å². The van der Waals surface area contributed by atoms with Gasteiger partial charge >= 0.3 is 0 Å². The molecule has 0 fully saturated rings. The van der Waals surface area contributed by atoms with Crippen molar-refractivity contribution in [2.75, 3.05) is 27.2 Å². The molecule has 2 aromatic rings. The summed E-state index contributed by atoms with van der Waals surface area (Å²) >= 11 is 5.94. The molecule has 2 rings (SSSR count). The molecule has 7 heteroatoms. The molecule has 1 aromatic heterocycles. The summed E-state index contributed by atoms with van der Waals surface area (Å²) in [5.41, 5.74) is 3.80. The Balaban J connectivity index is 0.00000288. The number of halogens is 2. The molecule has 0 saturated heterocycles. The first-order valence-electron chi connectivity index (χ1n) is 7.63. The van der Waals surface area contributed by atoms with E-state index in [0.717, 1.165) is 29.2 Å². The molecule has 0 atom stereocenters. The average Bonchev–Trinajstić information content (AvgIpc) is 2.81. The van der Waals surface area contributed by atoms with E-state index in [1.165, 1.54) is 0 Å². The number of carbonyl (C=O) groups is 1. The summed E-state index contributed by atoms with van der Waals surface area (Å²) in [6, 6.07) is 7.52. The summed E-state index contributed by atoms with van der Waals surface area (Å²) in [6.45, 7) is 5.41. The van der Waals surface area contributed by atoms with Gasteiger partial charge in [0, 0.05) is 36.4 Å². The Morgan fingerprint density at radius 3 is 2.50 bits per heavy atom. The summed E-state index contributed by atoms with van der Waals surface area (Å²) < 4.78 is 1.86. The number of hydrogen-bond donors (Lipinski definition) is 1. The molecule has 0 unspecified atom stereocenters. The molecule has 0 aliphatic carbocycles. The lowest BCUT2D eigenvalue weighted by Gasteiger charge is -2.17. The first kappa shape index (κ1) is 20.5. The Labute approximate surface area is 154 Å². The third-order valence-electron chi connectivity index (χ3n) is 3.96. The fourth-order valence-electron chi connectivity index (χ4n) is 2.45. The third-order valence-corrected chi connectivity index (χ3v) is 4.22. The zero-order valence-corrected chi connectivity index (χ0v) is 16.0. The van der Waals surface area contributed by atoms with Crippen LogP contribution in [-0.4, -0.2) is 47.8 Å². The number of nitrogens with one attached hydrogen (secondary N) is 1. The maximum absolute atomic E-state index is 12.4. The lowest BCUT2D eigenvalue weighted by Crippen LogP contribution is -2.34. The highest BCUT2D eigenvalue weighted by Crippen LogP contribution is 2.20. The molecular weight excluding hydrogens is 347 g/mol. The van der Waals surface area contributed by atoms with E-state index in [0.29, 0.717) is 18.0 Å². The first-order chi connectivity index (χ1) is 10.9. The molecule has 1 amide bonds. The van der Waals surface area contributed by atoms with E-state index in [1.807, 2.05) is 56.9 Å². The highest BCUT2D eigenvalue weighted by molar-refractivity contribution is 6.30. The number of amides is 1. The average molecular weight is 371 g/mol. The van der Waals surface area contributed by atoms with Crippen molar-refractivity contribution in [3.63, 3.8) is 0 Å². The number of likely N-dealkylation sites (N-methyl/N-ethyl adjacent to an activating group) is 2. The van der Waals surface area contributed by atoms with Gasteiger partial charge in [0.1, 0.15) is 0 Å². The molecule has 132 valence electrons. The van der Waals surface area contributed by atoms with Gasteiger partial charge in [0.05, 0.1) is 17.8 Å². The van der Waals surface area contributed by atoms with Crippen molar-refractivity contribution < 1.29 is 4.79 Å². The van der Waals surface area contributed by atoms with Crippen LogP contribution in [0.15, 0.2) is 24.3 Å². The van der Waals surface area contributed by atoms with Gasteiger partial charge in [-0.1, -0.05) is 11.6 Å². The lowest BCUT2D eigenvalue weighted by molar-refractivity contribution is -0.129. The van der Waals surface area contributed by atoms with E-state index < -0.39 is 0 Å². The predicted molar refractivity (Wildman–Crippen MR) is 101 cm³/mol. The topological polar surface area (TPSA) is 50.2 Å². The van der Waals surface area contributed by atoms with Gasteiger partial charge in [-0.2, -0.15) is 5.10 Å². The summed E-state index contributed by atoms with van der Waals surface area (Å²) in [5.74, 6) is 0.0992. The van der Waals surface area contributed by atoms with E-state index in [-0.39, 0.29) is 18.3 Å². The van der Waals surface area contributed by atoms with Crippen LogP contribution in [0, 0.1) is 13.8 Å². The van der Waals surface area contributed by atoms with Crippen molar-refractivity contribution in [2.45, 2.75) is 20.3 Å². The van der Waals surface area contributed by atoms with Crippen LogP contribution in [0.4, 0.5) is 0 Å². The first-order valence-corrected chi connectivity index (χ1v) is 8.01. The number of nitrogens with zero attached hydrogens (tertiary/aromatic N) is 3. The monoisotopic (exact) mass is 370 g/mol. The zero-order chi connectivity index (χ0) is 17.0. The fourth-order valence-corrected chi connectivity index (χ4v) is 2.58. The van der Waals surface area contributed by atoms with Crippen LogP contribution < -0.4 is 5.32 Å². The summed E-state index contributed by atoms with van der Waals surface area (Å²) in [5, 5.41) is 8.32. The number of rotatable bonds is 6. The molecule has 24 heavy (non-hydrogen) atoms. The van der Waals surface area contributed by atoms with Gasteiger partial charge in [0.15, 0.2) is 0 Å². The lowest BCUT2D eigenvalue weighted by atomic mass is 10.1.